The van der Waals surface area contributed by atoms with E-state index in [9.17, 15) is 4.39 Å². The summed E-state index contributed by atoms with van der Waals surface area (Å²) < 4.78 is 19.6. The number of rotatable bonds is 3. The summed E-state index contributed by atoms with van der Waals surface area (Å²) in [5.74, 6) is 0.445. The Bertz CT molecular complexity index is 668. The van der Waals surface area contributed by atoms with E-state index in [1.165, 1.54) is 6.07 Å². The Balaban J connectivity index is 0.00000225. The van der Waals surface area contributed by atoms with Gasteiger partial charge in [0.2, 0.25) is 0 Å². The highest BCUT2D eigenvalue weighted by Gasteiger charge is 2.42. The van der Waals surface area contributed by atoms with Crippen LogP contribution in [-0.2, 0) is 11.3 Å². The highest BCUT2D eigenvalue weighted by Crippen LogP contribution is 2.38. The minimum absolute atomic E-state index is 0. The van der Waals surface area contributed by atoms with Gasteiger partial charge in [-0.15, -0.1) is 24.0 Å². The Labute approximate surface area is 165 Å². The third-order valence-corrected chi connectivity index (χ3v) is 4.84. The van der Waals surface area contributed by atoms with Crippen LogP contribution in [0.25, 0.3) is 0 Å². The number of guanidine groups is 1. The zero-order valence-corrected chi connectivity index (χ0v) is 16.8. The molecule has 1 unspecified atom stereocenters. The van der Waals surface area contributed by atoms with Crippen LogP contribution in [0.15, 0.2) is 23.2 Å². The van der Waals surface area contributed by atoms with Crippen LogP contribution in [0.5, 0.6) is 0 Å². The van der Waals surface area contributed by atoms with E-state index in [-0.39, 0.29) is 41.8 Å². The molecule has 1 aromatic rings. The number of hydrogen-bond donors (Lipinski definition) is 1. The lowest BCUT2D eigenvalue weighted by molar-refractivity contribution is 0.156. The molecule has 0 bridgehead atoms. The van der Waals surface area contributed by atoms with Gasteiger partial charge in [0.25, 0.3) is 0 Å². The fraction of sp³-hybridized carbons (Fsp3) is 0.556. The lowest BCUT2D eigenvalue weighted by Gasteiger charge is -2.25. The second kappa shape index (κ2) is 8.81. The molecule has 0 amide bonds. The van der Waals surface area contributed by atoms with Gasteiger partial charge < -0.3 is 15.0 Å². The maximum absolute atomic E-state index is 14.0. The van der Waals surface area contributed by atoms with E-state index < -0.39 is 0 Å². The predicted molar refractivity (Wildman–Crippen MR) is 105 cm³/mol. The quantitative estimate of drug-likeness (QED) is 0.430. The molecule has 136 valence electrons. The van der Waals surface area contributed by atoms with Gasteiger partial charge >= 0.3 is 0 Å². The van der Waals surface area contributed by atoms with Crippen molar-refractivity contribution in [2.75, 3.05) is 32.8 Å². The number of nitriles is 1. The first-order chi connectivity index (χ1) is 11.7. The summed E-state index contributed by atoms with van der Waals surface area (Å²) in [6.45, 7) is 6.63. The lowest BCUT2D eigenvalue weighted by atomic mass is 9.87. The van der Waals surface area contributed by atoms with Crippen LogP contribution in [-0.4, -0.2) is 43.7 Å². The topological polar surface area (TPSA) is 60.7 Å². The Hall–Kier alpha value is -1.40. The number of benzene rings is 1. The summed E-state index contributed by atoms with van der Waals surface area (Å²) in [6.07, 6.45) is 2.22. The van der Waals surface area contributed by atoms with Crippen molar-refractivity contribution in [2.24, 2.45) is 10.4 Å². The van der Waals surface area contributed by atoms with Crippen LogP contribution in [0.1, 0.15) is 30.9 Å². The van der Waals surface area contributed by atoms with Crippen molar-refractivity contribution < 1.29 is 9.13 Å². The molecule has 0 aliphatic carbocycles. The molecule has 5 nitrogen and oxygen atoms in total. The van der Waals surface area contributed by atoms with Gasteiger partial charge in [-0.1, -0.05) is 6.07 Å². The molecule has 3 rings (SSSR count). The lowest BCUT2D eigenvalue weighted by Crippen LogP contribution is -2.41. The van der Waals surface area contributed by atoms with Crippen LogP contribution in [0.3, 0.4) is 0 Å². The normalized spacial score (nSPS) is 22.8. The van der Waals surface area contributed by atoms with Crippen molar-refractivity contribution >= 4 is 29.9 Å². The maximum atomic E-state index is 14.0. The van der Waals surface area contributed by atoms with Crippen molar-refractivity contribution in [3.05, 3.63) is 35.1 Å². The van der Waals surface area contributed by atoms with E-state index in [4.69, 9.17) is 10.00 Å². The second-order valence-corrected chi connectivity index (χ2v) is 6.56. The maximum Gasteiger partial charge on any atom is 0.194 e. The highest BCUT2D eigenvalue weighted by molar-refractivity contribution is 14.0. The number of ether oxygens (including phenoxy) is 1. The summed E-state index contributed by atoms with van der Waals surface area (Å²) in [6, 6.07) is 6.47. The first-order valence-electron chi connectivity index (χ1n) is 8.45. The van der Waals surface area contributed by atoms with E-state index >= 15 is 0 Å². The molecule has 0 saturated carbocycles. The molecule has 25 heavy (non-hydrogen) atoms. The predicted octanol–water partition coefficient (Wildman–Crippen LogP) is 2.89. The molecule has 1 spiro atoms. The van der Waals surface area contributed by atoms with Gasteiger partial charge in [-0.3, -0.25) is 0 Å². The second-order valence-electron chi connectivity index (χ2n) is 6.56. The third-order valence-electron chi connectivity index (χ3n) is 4.84. The van der Waals surface area contributed by atoms with Gasteiger partial charge in [0.1, 0.15) is 5.82 Å². The molecule has 2 fully saturated rings. The Morgan fingerprint density at radius 2 is 2.32 bits per heavy atom. The van der Waals surface area contributed by atoms with Crippen LogP contribution in [0.2, 0.25) is 0 Å². The van der Waals surface area contributed by atoms with E-state index in [1.54, 1.807) is 12.1 Å². The highest BCUT2D eigenvalue weighted by atomic mass is 127. The Morgan fingerprint density at radius 1 is 1.48 bits per heavy atom. The fourth-order valence-electron chi connectivity index (χ4n) is 3.42. The molecule has 7 heteroatoms. The molecule has 2 heterocycles. The fourth-order valence-corrected chi connectivity index (χ4v) is 3.42. The number of likely N-dealkylation sites (tertiary alicyclic amines) is 1. The van der Waals surface area contributed by atoms with E-state index in [1.807, 2.05) is 13.0 Å². The van der Waals surface area contributed by atoms with Crippen LogP contribution < -0.4 is 5.32 Å². The smallest absolute Gasteiger partial charge is 0.194 e. The molecular formula is C18H24FIN4O. The van der Waals surface area contributed by atoms with Crippen molar-refractivity contribution in [1.82, 2.24) is 10.2 Å². The average Bonchev–Trinajstić information content (AvgIpc) is 3.22. The Morgan fingerprint density at radius 3 is 2.96 bits per heavy atom. The molecule has 2 saturated heterocycles. The van der Waals surface area contributed by atoms with E-state index in [0.717, 1.165) is 51.6 Å². The molecular weight excluding hydrogens is 434 g/mol. The van der Waals surface area contributed by atoms with Gasteiger partial charge in [0.05, 0.1) is 24.8 Å². The van der Waals surface area contributed by atoms with Crippen LogP contribution in [0.4, 0.5) is 4.39 Å². The minimum Gasteiger partial charge on any atom is -0.381 e. The molecule has 1 aromatic carbocycles. The standard InChI is InChI=1S/C18H23FN4O.HI/c1-2-21-17(23-7-5-18(12-23)6-8-24-13-18)22-11-15-4-3-14(10-20)9-16(15)19;/h3-4,9H,2,5-8,11-13H2,1H3,(H,21,22);1H. The number of nitrogens with one attached hydrogen (secondary N) is 1. The van der Waals surface area contributed by atoms with Gasteiger partial charge in [-0.25, -0.2) is 9.38 Å². The first-order valence-corrected chi connectivity index (χ1v) is 8.45. The first kappa shape index (κ1) is 19.9. The molecule has 2 aliphatic heterocycles. The summed E-state index contributed by atoms with van der Waals surface area (Å²) >= 11 is 0. The summed E-state index contributed by atoms with van der Waals surface area (Å²) in [7, 11) is 0. The van der Waals surface area contributed by atoms with Gasteiger partial charge in [-0.05, 0) is 31.9 Å². The number of hydrogen-bond acceptors (Lipinski definition) is 3. The molecule has 0 radical (unpaired) electrons. The van der Waals surface area contributed by atoms with Crippen LogP contribution >= 0.6 is 24.0 Å². The van der Waals surface area contributed by atoms with E-state index in [0.29, 0.717) is 11.1 Å². The molecule has 1 atom stereocenters. The van der Waals surface area contributed by atoms with Crippen molar-refractivity contribution in [2.45, 2.75) is 26.3 Å². The zero-order chi connectivity index (χ0) is 17.0. The van der Waals surface area contributed by atoms with Gasteiger partial charge in [0, 0.05) is 37.2 Å². The molecule has 2 aliphatic rings. The monoisotopic (exact) mass is 458 g/mol. The van der Waals surface area contributed by atoms with Crippen molar-refractivity contribution in [3.8, 4) is 6.07 Å². The number of aliphatic imine (C=N–C) groups is 1. The molecule has 0 aromatic heterocycles. The molecule has 1 N–H and O–H groups in total. The summed E-state index contributed by atoms with van der Waals surface area (Å²) in [5, 5.41) is 12.1. The minimum atomic E-state index is -0.379. The van der Waals surface area contributed by atoms with Crippen LogP contribution in [0, 0.1) is 22.6 Å². The SMILES string of the molecule is CCNC(=NCc1ccc(C#N)cc1F)N1CCC2(CCOC2)C1.I. The number of halogens is 2. The van der Waals surface area contributed by atoms with Crippen molar-refractivity contribution in [1.29, 1.82) is 5.26 Å². The Kier molecular flexibility index (Phi) is 7.02. The average molecular weight is 458 g/mol. The third kappa shape index (κ3) is 4.61. The number of nitrogens with zero attached hydrogens (tertiary/aromatic N) is 3. The van der Waals surface area contributed by atoms with Gasteiger partial charge in [0.15, 0.2) is 5.96 Å². The largest absolute Gasteiger partial charge is 0.381 e. The zero-order valence-electron chi connectivity index (χ0n) is 14.4. The summed E-state index contributed by atoms with van der Waals surface area (Å²) in [4.78, 5) is 6.85. The summed E-state index contributed by atoms with van der Waals surface area (Å²) in [5.41, 5.74) is 1.09. The van der Waals surface area contributed by atoms with Crippen molar-refractivity contribution in [3.63, 3.8) is 0 Å². The van der Waals surface area contributed by atoms with Gasteiger partial charge in [-0.2, -0.15) is 5.26 Å². The van der Waals surface area contributed by atoms with E-state index in [2.05, 4.69) is 15.2 Å².